The lowest BCUT2D eigenvalue weighted by Gasteiger charge is -2.09. The maximum atomic E-state index is 13.0. The van der Waals surface area contributed by atoms with Crippen LogP contribution >= 0.6 is 0 Å². The fraction of sp³-hybridized carbons (Fsp3) is 0.0714. The summed E-state index contributed by atoms with van der Waals surface area (Å²) in [4.78, 5) is 11.9. The van der Waals surface area contributed by atoms with Gasteiger partial charge in [-0.1, -0.05) is 0 Å². The highest BCUT2D eigenvalue weighted by Crippen LogP contribution is 2.25. The van der Waals surface area contributed by atoms with E-state index in [0.29, 0.717) is 17.9 Å². The molecule has 110 valence electrons. The smallest absolute Gasteiger partial charge is 0.259 e. The maximum Gasteiger partial charge on any atom is 0.259 e. The molecule has 2 rings (SSSR count). The number of benzene rings is 2. The van der Waals surface area contributed by atoms with Crippen LogP contribution in [0.3, 0.4) is 0 Å². The lowest BCUT2D eigenvalue weighted by Crippen LogP contribution is -2.13. The molecule has 0 heterocycles. The molecule has 2 aromatic carbocycles. The number of methoxy groups -OCH3 is 1. The number of phenolic OH excluding ortho intramolecular Hbond substituents is 1. The van der Waals surface area contributed by atoms with Crippen LogP contribution in [0.1, 0.15) is 10.4 Å². The third-order valence-electron chi connectivity index (χ3n) is 2.69. The Bertz CT molecular complexity index is 681. The first-order valence-electron chi connectivity index (χ1n) is 5.75. The number of ether oxygens (including phenoxy) is 1. The van der Waals surface area contributed by atoms with Crippen LogP contribution in [-0.4, -0.2) is 18.1 Å². The fourth-order valence-electron chi connectivity index (χ4n) is 1.66. The van der Waals surface area contributed by atoms with Gasteiger partial charge in [0.15, 0.2) is 17.5 Å². The van der Waals surface area contributed by atoms with Gasteiger partial charge in [-0.25, -0.2) is 13.2 Å². The van der Waals surface area contributed by atoms with E-state index < -0.39 is 23.4 Å². The molecule has 21 heavy (non-hydrogen) atoms. The van der Waals surface area contributed by atoms with Gasteiger partial charge in [-0.2, -0.15) is 0 Å². The molecule has 2 N–H and O–H groups in total. The fourth-order valence-corrected chi connectivity index (χ4v) is 1.66. The predicted molar refractivity (Wildman–Crippen MR) is 68.9 cm³/mol. The van der Waals surface area contributed by atoms with Gasteiger partial charge < -0.3 is 15.2 Å². The molecule has 0 aliphatic rings. The Morgan fingerprint density at radius 2 is 1.76 bits per heavy atom. The molecule has 0 unspecified atom stereocenters. The molecule has 0 aromatic heterocycles. The zero-order valence-electron chi connectivity index (χ0n) is 10.8. The largest absolute Gasteiger partial charge is 0.507 e. The molecule has 4 nitrogen and oxygen atoms in total. The monoisotopic (exact) mass is 297 g/mol. The van der Waals surface area contributed by atoms with E-state index in [1.807, 2.05) is 0 Å². The summed E-state index contributed by atoms with van der Waals surface area (Å²) in [5, 5.41) is 11.8. The van der Waals surface area contributed by atoms with Crippen LogP contribution in [0.5, 0.6) is 11.5 Å². The lowest BCUT2D eigenvalue weighted by molar-refractivity contribution is 0.102. The zero-order valence-corrected chi connectivity index (χ0v) is 10.8. The van der Waals surface area contributed by atoms with Crippen LogP contribution in [0.2, 0.25) is 0 Å². The Morgan fingerprint density at radius 1 is 1.14 bits per heavy atom. The number of phenols is 1. The minimum absolute atomic E-state index is 0.124. The summed E-state index contributed by atoms with van der Waals surface area (Å²) >= 11 is 0. The number of carbonyl (C=O) groups is 1. The van der Waals surface area contributed by atoms with Crippen LogP contribution in [0.25, 0.3) is 0 Å². The van der Waals surface area contributed by atoms with E-state index in [1.54, 1.807) is 0 Å². The summed E-state index contributed by atoms with van der Waals surface area (Å²) in [6, 6.07) is 5.19. The first-order chi connectivity index (χ1) is 9.92. The van der Waals surface area contributed by atoms with Crippen molar-refractivity contribution in [2.24, 2.45) is 0 Å². The van der Waals surface area contributed by atoms with Crippen molar-refractivity contribution < 1.29 is 27.8 Å². The van der Waals surface area contributed by atoms with E-state index in [0.717, 1.165) is 0 Å². The first kappa shape index (κ1) is 14.7. The molecular formula is C14H10F3NO3. The second-order valence-corrected chi connectivity index (χ2v) is 4.09. The van der Waals surface area contributed by atoms with E-state index in [9.17, 15) is 23.1 Å². The molecule has 0 fully saturated rings. The van der Waals surface area contributed by atoms with Crippen LogP contribution in [-0.2, 0) is 0 Å². The number of carbonyl (C=O) groups excluding carboxylic acids is 1. The van der Waals surface area contributed by atoms with Crippen molar-refractivity contribution in [1.82, 2.24) is 0 Å². The topological polar surface area (TPSA) is 58.6 Å². The SMILES string of the molecule is COc1ccc(C(=O)Nc2cc(F)c(F)c(F)c2)c(O)c1. The van der Waals surface area contributed by atoms with E-state index in [2.05, 4.69) is 5.32 Å². The summed E-state index contributed by atoms with van der Waals surface area (Å²) in [6.45, 7) is 0. The molecule has 7 heteroatoms. The number of hydrogen-bond donors (Lipinski definition) is 2. The lowest BCUT2D eigenvalue weighted by atomic mass is 10.1. The van der Waals surface area contributed by atoms with Gasteiger partial charge in [0.1, 0.15) is 11.5 Å². The number of hydrogen-bond acceptors (Lipinski definition) is 3. The standard InChI is InChI=1S/C14H10F3NO3/c1-21-8-2-3-9(12(19)6-8)14(20)18-7-4-10(15)13(17)11(16)5-7/h2-6,19H,1H3,(H,18,20). The molecule has 0 radical (unpaired) electrons. The van der Waals surface area contributed by atoms with Crippen molar-refractivity contribution in [2.45, 2.75) is 0 Å². The molecule has 0 saturated carbocycles. The number of rotatable bonds is 3. The van der Waals surface area contributed by atoms with Gasteiger partial charge >= 0.3 is 0 Å². The molecule has 0 aliphatic carbocycles. The summed E-state index contributed by atoms with van der Waals surface area (Å²) in [5.41, 5.74) is -0.396. The normalized spacial score (nSPS) is 10.3. The summed E-state index contributed by atoms with van der Waals surface area (Å²) < 4.78 is 43.7. The number of amides is 1. The number of aromatic hydroxyl groups is 1. The maximum absolute atomic E-state index is 13.0. The minimum atomic E-state index is -1.62. The molecule has 0 spiro atoms. The first-order valence-corrected chi connectivity index (χ1v) is 5.75. The molecular weight excluding hydrogens is 287 g/mol. The highest BCUT2D eigenvalue weighted by Gasteiger charge is 2.15. The zero-order chi connectivity index (χ0) is 15.6. The third-order valence-corrected chi connectivity index (χ3v) is 2.69. The van der Waals surface area contributed by atoms with Crippen molar-refractivity contribution in [3.63, 3.8) is 0 Å². The van der Waals surface area contributed by atoms with Gasteiger partial charge in [0.2, 0.25) is 0 Å². The van der Waals surface area contributed by atoms with Gasteiger partial charge in [0.05, 0.1) is 12.7 Å². The van der Waals surface area contributed by atoms with Gasteiger partial charge in [0.25, 0.3) is 5.91 Å². The summed E-state index contributed by atoms with van der Waals surface area (Å²) in [6.07, 6.45) is 0. The predicted octanol–water partition coefficient (Wildman–Crippen LogP) is 3.07. The summed E-state index contributed by atoms with van der Waals surface area (Å²) in [5.74, 6) is -5.31. The second-order valence-electron chi connectivity index (χ2n) is 4.09. The second kappa shape index (κ2) is 5.74. The third kappa shape index (κ3) is 3.07. The van der Waals surface area contributed by atoms with Crippen LogP contribution < -0.4 is 10.1 Å². The van der Waals surface area contributed by atoms with Crippen molar-refractivity contribution in [3.8, 4) is 11.5 Å². The molecule has 0 aliphatic heterocycles. The Balaban J connectivity index is 2.26. The van der Waals surface area contributed by atoms with E-state index in [1.165, 1.54) is 25.3 Å². The van der Waals surface area contributed by atoms with Crippen LogP contribution in [0.4, 0.5) is 18.9 Å². The molecule has 0 bridgehead atoms. The minimum Gasteiger partial charge on any atom is -0.507 e. The van der Waals surface area contributed by atoms with Gasteiger partial charge in [-0.15, -0.1) is 0 Å². The quantitative estimate of drug-likeness (QED) is 0.856. The highest BCUT2D eigenvalue weighted by atomic mass is 19.2. The number of halogens is 3. The van der Waals surface area contributed by atoms with Crippen LogP contribution in [0.15, 0.2) is 30.3 Å². The average molecular weight is 297 g/mol. The molecule has 0 saturated heterocycles. The Morgan fingerprint density at radius 3 is 2.29 bits per heavy atom. The van der Waals surface area contributed by atoms with E-state index in [4.69, 9.17) is 4.74 Å². The molecule has 0 atom stereocenters. The van der Waals surface area contributed by atoms with Crippen molar-refractivity contribution in [3.05, 3.63) is 53.3 Å². The van der Waals surface area contributed by atoms with Gasteiger partial charge in [0, 0.05) is 23.9 Å². The Kier molecular flexibility index (Phi) is 4.02. The van der Waals surface area contributed by atoms with Crippen molar-refractivity contribution in [2.75, 3.05) is 12.4 Å². The number of anilines is 1. The van der Waals surface area contributed by atoms with Crippen molar-refractivity contribution in [1.29, 1.82) is 0 Å². The molecule has 1 amide bonds. The van der Waals surface area contributed by atoms with Gasteiger partial charge in [-0.05, 0) is 12.1 Å². The highest BCUT2D eigenvalue weighted by molar-refractivity contribution is 6.06. The van der Waals surface area contributed by atoms with E-state index >= 15 is 0 Å². The van der Waals surface area contributed by atoms with Crippen molar-refractivity contribution >= 4 is 11.6 Å². The molecule has 2 aromatic rings. The average Bonchev–Trinajstić information content (AvgIpc) is 2.44. The number of nitrogens with one attached hydrogen (secondary N) is 1. The Labute approximate surface area is 117 Å². The van der Waals surface area contributed by atoms with Gasteiger partial charge in [-0.3, -0.25) is 4.79 Å². The summed E-state index contributed by atoms with van der Waals surface area (Å²) in [7, 11) is 1.39. The van der Waals surface area contributed by atoms with E-state index in [-0.39, 0.29) is 17.0 Å². The Hall–Kier alpha value is -2.70. The van der Waals surface area contributed by atoms with Crippen LogP contribution in [0, 0.1) is 17.5 Å².